The van der Waals surface area contributed by atoms with Gasteiger partial charge in [0.15, 0.2) is 0 Å². The number of amides is 1. The van der Waals surface area contributed by atoms with E-state index >= 15 is 0 Å². The van der Waals surface area contributed by atoms with Crippen molar-refractivity contribution in [1.29, 1.82) is 0 Å². The summed E-state index contributed by atoms with van der Waals surface area (Å²) in [6, 6.07) is 4.11. The topological polar surface area (TPSA) is 63.5 Å². The number of anilines is 1. The Hall–Kier alpha value is -1.14. The fraction of sp³-hybridized carbons (Fsp3) is 0.364. The van der Waals surface area contributed by atoms with Crippen molar-refractivity contribution in [2.24, 2.45) is 0 Å². The second-order valence-corrected chi connectivity index (χ2v) is 5.50. The Bertz CT molecular complexity index is 509. The average molecular weight is 334 g/mol. The number of hydrogen-bond donors (Lipinski definition) is 0. The van der Waals surface area contributed by atoms with E-state index < -0.39 is 4.92 Å². The fourth-order valence-corrected chi connectivity index (χ4v) is 2.68. The lowest BCUT2D eigenvalue weighted by Crippen LogP contribution is -2.41. The third-order valence-corrected chi connectivity index (χ3v) is 3.97. The summed E-state index contributed by atoms with van der Waals surface area (Å²) in [5.41, 5.74) is 0.332. The number of halogens is 2. The molecule has 1 saturated heterocycles. The van der Waals surface area contributed by atoms with Crippen molar-refractivity contribution >= 4 is 44.8 Å². The highest BCUT2D eigenvalue weighted by molar-refractivity contribution is 9.10. The molecule has 1 aliphatic rings. The number of alkyl halides is 1. The van der Waals surface area contributed by atoms with E-state index in [4.69, 9.17) is 11.6 Å². The van der Waals surface area contributed by atoms with Gasteiger partial charge < -0.3 is 4.90 Å². The lowest BCUT2D eigenvalue weighted by Gasteiger charge is -2.30. The van der Waals surface area contributed by atoms with Crippen LogP contribution in [-0.2, 0) is 4.79 Å². The van der Waals surface area contributed by atoms with Gasteiger partial charge in [0, 0.05) is 18.7 Å². The van der Waals surface area contributed by atoms with Gasteiger partial charge in [-0.15, -0.1) is 0 Å². The highest BCUT2D eigenvalue weighted by Crippen LogP contribution is 2.33. The molecule has 0 N–H and O–H groups in total. The molecule has 1 atom stereocenters. The molecule has 1 aromatic carbocycles. The van der Waals surface area contributed by atoms with Gasteiger partial charge in [0.05, 0.1) is 20.5 Å². The smallest absolute Gasteiger partial charge is 0.271 e. The number of rotatable bonds is 2. The molecule has 0 aromatic heterocycles. The summed E-state index contributed by atoms with van der Waals surface area (Å²) in [4.78, 5) is 23.5. The number of carbonyl (C=O) groups is 1. The highest BCUT2D eigenvalue weighted by atomic mass is 79.9. The van der Waals surface area contributed by atoms with Gasteiger partial charge in [-0.2, -0.15) is 0 Å². The van der Waals surface area contributed by atoms with E-state index in [1.54, 1.807) is 0 Å². The predicted octanol–water partition coefficient (Wildman–Crippen LogP) is 3.14. The molecular weight excluding hydrogens is 323 g/mol. The maximum Gasteiger partial charge on any atom is 0.271 e. The quantitative estimate of drug-likeness (QED) is 0.474. The summed E-state index contributed by atoms with van der Waals surface area (Å²) < 4.78 is 0. The van der Waals surface area contributed by atoms with Crippen molar-refractivity contribution in [3.8, 4) is 0 Å². The van der Waals surface area contributed by atoms with Crippen LogP contribution in [0.5, 0.6) is 0 Å². The molecule has 2 rings (SSSR count). The van der Waals surface area contributed by atoms with Crippen LogP contribution in [0.15, 0.2) is 18.2 Å². The van der Waals surface area contributed by atoms with Crippen LogP contribution in [-0.4, -0.2) is 22.2 Å². The largest absolute Gasteiger partial charge is 0.310 e. The molecule has 1 fully saturated rings. The second-order valence-electron chi connectivity index (χ2n) is 3.99. The number of nitrogens with zero attached hydrogens (tertiary/aromatic N) is 2. The molecule has 96 valence electrons. The molecule has 0 aliphatic carbocycles. The third-order valence-electron chi connectivity index (χ3n) is 2.80. The van der Waals surface area contributed by atoms with Crippen molar-refractivity contribution in [2.75, 3.05) is 11.4 Å². The van der Waals surface area contributed by atoms with Gasteiger partial charge in [-0.3, -0.25) is 14.9 Å². The van der Waals surface area contributed by atoms with Crippen molar-refractivity contribution in [3.63, 3.8) is 0 Å². The standard InChI is InChI=1S/C11H10BrClN2O3/c12-8-2-1-5-14(11(8)16)10-6-7(15(17)18)3-4-9(10)13/h3-4,6,8H,1-2,5H2. The molecule has 0 radical (unpaired) electrons. The van der Waals surface area contributed by atoms with E-state index in [1.807, 2.05) is 0 Å². The molecule has 18 heavy (non-hydrogen) atoms. The summed E-state index contributed by atoms with van der Waals surface area (Å²) in [7, 11) is 0. The minimum Gasteiger partial charge on any atom is -0.310 e. The number of nitro groups is 1. The van der Waals surface area contributed by atoms with Gasteiger partial charge in [0.2, 0.25) is 5.91 Å². The number of piperidine rings is 1. The van der Waals surface area contributed by atoms with E-state index in [2.05, 4.69) is 15.9 Å². The third kappa shape index (κ3) is 2.49. The average Bonchev–Trinajstić information content (AvgIpc) is 2.33. The van der Waals surface area contributed by atoms with Crippen LogP contribution in [0.1, 0.15) is 12.8 Å². The van der Waals surface area contributed by atoms with Gasteiger partial charge in [0.25, 0.3) is 5.69 Å². The lowest BCUT2D eigenvalue weighted by atomic mass is 10.1. The molecule has 0 spiro atoms. The Morgan fingerprint density at radius 2 is 2.22 bits per heavy atom. The molecule has 0 bridgehead atoms. The number of carbonyl (C=O) groups excluding carboxylic acids is 1. The molecule has 1 heterocycles. The van der Waals surface area contributed by atoms with Crippen LogP contribution in [0.2, 0.25) is 5.02 Å². The first-order valence-corrected chi connectivity index (χ1v) is 6.69. The maximum atomic E-state index is 12.0. The minimum atomic E-state index is -0.500. The highest BCUT2D eigenvalue weighted by Gasteiger charge is 2.29. The zero-order chi connectivity index (χ0) is 13.3. The lowest BCUT2D eigenvalue weighted by molar-refractivity contribution is -0.384. The minimum absolute atomic E-state index is 0.0705. The SMILES string of the molecule is O=C1C(Br)CCCN1c1cc([N+](=O)[O-])ccc1Cl. The zero-order valence-corrected chi connectivity index (χ0v) is 11.6. The Morgan fingerprint density at radius 1 is 1.50 bits per heavy atom. The van der Waals surface area contributed by atoms with Gasteiger partial charge in [0.1, 0.15) is 0 Å². The molecule has 1 unspecified atom stereocenters. The van der Waals surface area contributed by atoms with Crippen molar-refractivity contribution < 1.29 is 9.72 Å². The van der Waals surface area contributed by atoms with E-state index in [1.165, 1.54) is 23.1 Å². The van der Waals surface area contributed by atoms with Crippen LogP contribution in [0.4, 0.5) is 11.4 Å². The second kappa shape index (κ2) is 5.24. The molecule has 0 saturated carbocycles. The molecule has 1 aliphatic heterocycles. The Morgan fingerprint density at radius 3 is 2.89 bits per heavy atom. The molecule has 5 nitrogen and oxygen atoms in total. The summed E-state index contributed by atoms with van der Waals surface area (Å²) >= 11 is 9.31. The first-order valence-electron chi connectivity index (χ1n) is 5.40. The van der Waals surface area contributed by atoms with Gasteiger partial charge >= 0.3 is 0 Å². The van der Waals surface area contributed by atoms with Crippen molar-refractivity contribution in [3.05, 3.63) is 33.3 Å². The van der Waals surface area contributed by atoms with E-state index in [9.17, 15) is 14.9 Å². The van der Waals surface area contributed by atoms with Crippen LogP contribution in [0, 0.1) is 10.1 Å². The normalized spacial score (nSPS) is 20.0. The van der Waals surface area contributed by atoms with Crippen molar-refractivity contribution in [1.82, 2.24) is 0 Å². The van der Waals surface area contributed by atoms with Crippen molar-refractivity contribution in [2.45, 2.75) is 17.7 Å². The number of hydrogen-bond acceptors (Lipinski definition) is 3. The molecule has 1 aromatic rings. The summed E-state index contributed by atoms with van der Waals surface area (Å²) in [6.45, 7) is 0.530. The molecule has 7 heteroatoms. The number of non-ortho nitro benzene ring substituents is 1. The van der Waals surface area contributed by atoms with Gasteiger partial charge in [-0.25, -0.2) is 0 Å². The van der Waals surface area contributed by atoms with E-state index in [0.29, 0.717) is 17.3 Å². The number of nitro benzene ring substituents is 1. The molecular formula is C11H10BrClN2O3. The maximum absolute atomic E-state index is 12.0. The van der Waals surface area contributed by atoms with Crippen LogP contribution < -0.4 is 4.90 Å². The molecule has 1 amide bonds. The Labute approximate surface area is 117 Å². The fourth-order valence-electron chi connectivity index (χ4n) is 1.89. The summed E-state index contributed by atoms with van der Waals surface area (Å²) in [5.74, 6) is -0.108. The number of benzene rings is 1. The van der Waals surface area contributed by atoms with E-state index in [0.717, 1.165) is 12.8 Å². The van der Waals surface area contributed by atoms with Gasteiger partial charge in [-0.05, 0) is 18.9 Å². The Balaban J connectivity index is 2.40. The predicted molar refractivity (Wildman–Crippen MR) is 72.4 cm³/mol. The van der Waals surface area contributed by atoms with Crippen LogP contribution in [0.25, 0.3) is 0 Å². The van der Waals surface area contributed by atoms with E-state index in [-0.39, 0.29) is 16.4 Å². The van der Waals surface area contributed by atoms with Crippen LogP contribution in [0.3, 0.4) is 0 Å². The van der Waals surface area contributed by atoms with Crippen LogP contribution >= 0.6 is 27.5 Å². The zero-order valence-electron chi connectivity index (χ0n) is 9.31. The summed E-state index contributed by atoms with van der Waals surface area (Å²) in [6.07, 6.45) is 1.60. The Kier molecular flexibility index (Phi) is 3.87. The van der Waals surface area contributed by atoms with Gasteiger partial charge in [-0.1, -0.05) is 27.5 Å². The monoisotopic (exact) mass is 332 g/mol. The summed E-state index contributed by atoms with van der Waals surface area (Å²) in [5, 5.41) is 11.1. The first kappa shape index (κ1) is 13.3. The first-order chi connectivity index (χ1) is 8.50.